The Balaban J connectivity index is 3.11. The number of carboxylic acids is 1. The maximum atomic E-state index is 11.8. The van der Waals surface area contributed by atoms with E-state index in [1.54, 1.807) is 0 Å². The molecule has 0 saturated carbocycles. The number of aryl methyl sites for hydroxylation is 1. The lowest BCUT2D eigenvalue weighted by atomic mass is 10.4. The molecule has 3 N–H and O–H groups in total. The molecule has 0 aliphatic heterocycles. The summed E-state index contributed by atoms with van der Waals surface area (Å²) in [4.78, 5) is 10.9. The molecule has 0 spiro atoms. The Morgan fingerprint density at radius 1 is 1.50 bits per heavy atom. The molecule has 0 aliphatic carbocycles. The highest BCUT2D eigenvalue weighted by molar-refractivity contribution is 7.89. The fraction of sp³-hybridized carbons (Fsp3) is 0.500. The van der Waals surface area contributed by atoms with Gasteiger partial charge in [0.25, 0.3) is 0 Å². The number of carboxylic acid groups (broad SMARTS) is 1. The van der Waals surface area contributed by atoms with Gasteiger partial charge in [-0.15, -0.1) is 0 Å². The van der Waals surface area contributed by atoms with Gasteiger partial charge in [-0.25, -0.2) is 17.9 Å². The maximum Gasteiger partial charge on any atom is 0.352 e. The second kappa shape index (κ2) is 5.98. The summed E-state index contributed by atoms with van der Waals surface area (Å²) >= 11 is 0. The van der Waals surface area contributed by atoms with Gasteiger partial charge < -0.3 is 14.8 Å². The highest BCUT2D eigenvalue weighted by Crippen LogP contribution is 2.15. The van der Waals surface area contributed by atoms with Crippen LogP contribution in [0.1, 0.15) is 23.8 Å². The number of sulfonamides is 1. The number of carbonyl (C=O) groups is 1. The molecule has 102 valence electrons. The summed E-state index contributed by atoms with van der Waals surface area (Å²) in [5.74, 6) is -1.17. The number of rotatable bonds is 7. The number of nitrogens with zero attached hydrogens (tertiary/aromatic N) is 1. The third-order valence-corrected chi connectivity index (χ3v) is 3.70. The Hall–Kier alpha value is -1.38. The lowest BCUT2D eigenvalue weighted by Crippen LogP contribution is -2.26. The SMILES string of the molecule is CCCn1cc(S(=O)(=O)NCCO)cc1C(=O)O. The minimum absolute atomic E-state index is 0.0683. The Morgan fingerprint density at radius 2 is 2.17 bits per heavy atom. The van der Waals surface area contributed by atoms with Crippen molar-refractivity contribution in [1.82, 2.24) is 9.29 Å². The molecule has 1 aromatic heterocycles. The summed E-state index contributed by atoms with van der Waals surface area (Å²) in [6, 6.07) is 1.11. The predicted molar refractivity (Wildman–Crippen MR) is 64.0 cm³/mol. The second-order valence-corrected chi connectivity index (χ2v) is 5.45. The summed E-state index contributed by atoms with van der Waals surface area (Å²) in [6.07, 6.45) is 1.98. The third-order valence-electron chi connectivity index (χ3n) is 2.27. The molecular weight excluding hydrogens is 260 g/mol. The van der Waals surface area contributed by atoms with Crippen molar-refractivity contribution in [2.24, 2.45) is 0 Å². The van der Waals surface area contributed by atoms with Crippen molar-refractivity contribution in [1.29, 1.82) is 0 Å². The van der Waals surface area contributed by atoms with Crippen LogP contribution in [0.4, 0.5) is 0 Å². The summed E-state index contributed by atoms with van der Waals surface area (Å²) in [5.41, 5.74) is -0.0683. The fourth-order valence-electron chi connectivity index (χ4n) is 1.50. The molecule has 0 aromatic carbocycles. The van der Waals surface area contributed by atoms with Crippen molar-refractivity contribution in [3.8, 4) is 0 Å². The van der Waals surface area contributed by atoms with Gasteiger partial charge in [0.2, 0.25) is 10.0 Å². The summed E-state index contributed by atoms with van der Waals surface area (Å²) in [5, 5.41) is 17.6. The molecule has 1 aromatic rings. The molecule has 0 aliphatic rings. The van der Waals surface area contributed by atoms with Crippen LogP contribution in [-0.2, 0) is 16.6 Å². The van der Waals surface area contributed by atoms with Crippen molar-refractivity contribution >= 4 is 16.0 Å². The molecule has 1 rings (SSSR count). The van der Waals surface area contributed by atoms with E-state index < -0.39 is 16.0 Å². The van der Waals surface area contributed by atoms with E-state index in [9.17, 15) is 13.2 Å². The Bertz CT molecular complexity index is 520. The van der Waals surface area contributed by atoms with Gasteiger partial charge in [0.05, 0.1) is 6.61 Å². The Labute approximate surface area is 105 Å². The number of hydrogen-bond donors (Lipinski definition) is 3. The van der Waals surface area contributed by atoms with Crippen LogP contribution in [0.15, 0.2) is 17.2 Å². The van der Waals surface area contributed by atoms with Crippen LogP contribution in [0, 0.1) is 0 Å². The maximum absolute atomic E-state index is 11.8. The van der Waals surface area contributed by atoms with Crippen molar-refractivity contribution in [2.75, 3.05) is 13.2 Å². The molecule has 0 radical (unpaired) electrons. The average Bonchev–Trinajstić information content (AvgIpc) is 2.72. The first-order valence-corrected chi connectivity index (χ1v) is 6.94. The zero-order chi connectivity index (χ0) is 13.8. The first-order valence-electron chi connectivity index (χ1n) is 5.46. The van der Waals surface area contributed by atoms with Crippen molar-refractivity contribution in [2.45, 2.75) is 24.8 Å². The average molecular weight is 276 g/mol. The standard InChI is InChI=1S/C10H16N2O5S/c1-2-4-12-7-8(6-9(12)10(14)15)18(16,17)11-3-5-13/h6-7,11,13H,2-5H2,1H3,(H,14,15). The minimum Gasteiger partial charge on any atom is -0.477 e. The molecular formula is C10H16N2O5S. The van der Waals surface area contributed by atoms with E-state index in [0.717, 1.165) is 6.07 Å². The van der Waals surface area contributed by atoms with E-state index in [4.69, 9.17) is 10.2 Å². The Kier molecular flexibility index (Phi) is 4.88. The van der Waals surface area contributed by atoms with Gasteiger partial charge in [-0.05, 0) is 12.5 Å². The number of aromatic carboxylic acids is 1. The van der Waals surface area contributed by atoms with Gasteiger partial charge in [0, 0.05) is 19.3 Å². The number of aliphatic hydroxyl groups is 1. The molecule has 0 amide bonds. The minimum atomic E-state index is -3.77. The predicted octanol–water partition coefficient (Wildman–Crippen LogP) is -0.133. The lowest BCUT2D eigenvalue weighted by molar-refractivity contribution is 0.0685. The zero-order valence-electron chi connectivity index (χ0n) is 9.96. The molecule has 0 saturated heterocycles. The van der Waals surface area contributed by atoms with E-state index in [2.05, 4.69) is 4.72 Å². The normalized spacial score (nSPS) is 11.7. The van der Waals surface area contributed by atoms with Crippen LogP contribution >= 0.6 is 0 Å². The van der Waals surface area contributed by atoms with Crippen LogP contribution in [0.3, 0.4) is 0 Å². The third kappa shape index (κ3) is 3.31. The molecule has 0 atom stereocenters. The fourth-order valence-corrected chi connectivity index (χ4v) is 2.56. The van der Waals surface area contributed by atoms with Gasteiger partial charge in [-0.1, -0.05) is 6.92 Å². The van der Waals surface area contributed by atoms with E-state index in [-0.39, 0.29) is 23.7 Å². The molecule has 1 heterocycles. The van der Waals surface area contributed by atoms with Crippen molar-refractivity contribution in [3.63, 3.8) is 0 Å². The van der Waals surface area contributed by atoms with Gasteiger partial charge >= 0.3 is 5.97 Å². The summed E-state index contributed by atoms with van der Waals surface area (Å²) in [7, 11) is -3.77. The van der Waals surface area contributed by atoms with E-state index in [0.29, 0.717) is 13.0 Å². The van der Waals surface area contributed by atoms with Gasteiger partial charge in [0.15, 0.2) is 0 Å². The monoisotopic (exact) mass is 276 g/mol. The quantitative estimate of drug-likeness (QED) is 0.642. The summed E-state index contributed by atoms with van der Waals surface area (Å²) in [6.45, 7) is 1.87. The van der Waals surface area contributed by atoms with Crippen LogP contribution in [-0.4, -0.2) is 42.3 Å². The van der Waals surface area contributed by atoms with Gasteiger partial charge in [-0.2, -0.15) is 0 Å². The zero-order valence-corrected chi connectivity index (χ0v) is 10.8. The molecule has 8 heteroatoms. The van der Waals surface area contributed by atoms with Crippen molar-refractivity contribution in [3.05, 3.63) is 18.0 Å². The smallest absolute Gasteiger partial charge is 0.352 e. The van der Waals surface area contributed by atoms with Crippen LogP contribution in [0.5, 0.6) is 0 Å². The van der Waals surface area contributed by atoms with Crippen LogP contribution in [0.2, 0.25) is 0 Å². The molecule has 7 nitrogen and oxygen atoms in total. The first kappa shape index (κ1) is 14.7. The number of aliphatic hydroxyl groups excluding tert-OH is 1. The van der Waals surface area contributed by atoms with E-state index in [1.165, 1.54) is 10.8 Å². The highest BCUT2D eigenvalue weighted by Gasteiger charge is 2.20. The number of hydrogen-bond acceptors (Lipinski definition) is 4. The van der Waals surface area contributed by atoms with Crippen LogP contribution < -0.4 is 4.72 Å². The molecule has 0 fully saturated rings. The number of aromatic nitrogens is 1. The number of nitrogens with one attached hydrogen (secondary N) is 1. The molecule has 0 bridgehead atoms. The molecule has 18 heavy (non-hydrogen) atoms. The first-order chi connectivity index (χ1) is 8.42. The van der Waals surface area contributed by atoms with Crippen LogP contribution in [0.25, 0.3) is 0 Å². The van der Waals surface area contributed by atoms with Gasteiger partial charge in [-0.3, -0.25) is 0 Å². The Morgan fingerprint density at radius 3 is 2.67 bits per heavy atom. The molecule has 0 unspecified atom stereocenters. The lowest BCUT2D eigenvalue weighted by Gasteiger charge is -2.03. The van der Waals surface area contributed by atoms with E-state index >= 15 is 0 Å². The largest absolute Gasteiger partial charge is 0.477 e. The highest BCUT2D eigenvalue weighted by atomic mass is 32.2. The van der Waals surface area contributed by atoms with E-state index in [1.807, 2.05) is 6.92 Å². The van der Waals surface area contributed by atoms with Crippen molar-refractivity contribution < 1.29 is 23.4 Å². The topological polar surface area (TPSA) is 109 Å². The summed E-state index contributed by atoms with van der Waals surface area (Å²) < 4.78 is 27.1. The van der Waals surface area contributed by atoms with Gasteiger partial charge in [0.1, 0.15) is 10.6 Å². The second-order valence-electron chi connectivity index (χ2n) is 3.68.